The predicted octanol–water partition coefficient (Wildman–Crippen LogP) is 3.31. The third kappa shape index (κ3) is 5.53. The molecule has 1 N–H and O–H groups in total. The van der Waals surface area contributed by atoms with E-state index in [0.29, 0.717) is 0 Å². The smallest absolute Gasteiger partial charge is 0.340 e. The van der Waals surface area contributed by atoms with Crippen LogP contribution in [0.2, 0.25) is 0 Å². The van der Waals surface area contributed by atoms with Crippen LogP contribution >= 0.6 is 0 Å². The maximum atomic E-state index is 15.5. The molecule has 1 aliphatic rings. The van der Waals surface area contributed by atoms with Gasteiger partial charge in [0.25, 0.3) is 6.29 Å². The van der Waals surface area contributed by atoms with Crippen LogP contribution in [0, 0.1) is 0 Å². The molecule has 3 aromatic rings. The largest absolute Gasteiger partial charge is 0.459 e. The number of halogens is 1. The summed E-state index contributed by atoms with van der Waals surface area (Å²) in [6, 6.07) is 23.4. The summed E-state index contributed by atoms with van der Waals surface area (Å²) < 4.78 is 36.3. The van der Waals surface area contributed by atoms with Crippen molar-refractivity contribution in [2.24, 2.45) is 0 Å². The highest BCUT2D eigenvalue weighted by atomic mass is 19.2. The van der Waals surface area contributed by atoms with Gasteiger partial charge in [-0.05, 0) is 36.4 Å². The molecule has 35 heavy (non-hydrogen) atoms. The van der Waals surface area contributed by atoms with Crippen molar-refractivity contribution in [1.29, 1.82) is 0 Å². The molecule has 1 aliphatic heterocycles. The normalized spacial score (nSPS) is 23.3. The van der Waals surface area contributed by atoms with E-state index in [9.17, 15) is 19.5 Å². The minimum Gasteiger partial charge on any atom is -0.459 e. The van der Waals surface area contributed by atoms with Crippen molar-refractivity contribution in [3.8, 4) is 0 Å². The quantitative estimate of drug-likeness (QED) is 0.405. The summed E-state index contributed by atoms with van der Waals surface area (Å²) in [5.41, 5.74) is 0.405. The fourth-order valence-electron chi connectivity index (χ4n) is 3.43. The second-order valence-corrected chi connectivity index (χ2v) is 7.66. The van der Waals surface area contributed by atoms with Crippen LogP contribution in [0.4, 0.5) is 4.39 Å². The molecule has 1 heterocycles. The van der Waals surface area contributed by atoms with Crippen molar-refractivity contribution in [2.75, 3.05) is 6.61 Å². The standard InChI is InChI=1S/C26H21FO8/c27-26(31)21(34-23(29)18-12-6-2-7-13-18)20(16-32-22(28)17-10-4-1-5-11-17)33-25(26)35-24(30)19-14-8-3-9-15-19/h1-15,20-21,25,31H,16H2/t20-,21-,25-,26+/m1/s1. The lowest BCUT2D eigenvalue weighted by molar-refractivity contribution is -0.238. The maximum Gasteiger partial charge on any atom is 0.340 e. The Labute approximate surface area is 199 Å². The molecule has 180 valence electrons. The summed E-state index contributed by atoms with van der Waals surface area (Å²) in [6.45, 7) is -0.591. The lowest BCUT2D eigenvalue weighted by Gasteiger charge is -2.25. The van der Waals surface area contributed by atoms with Crippen LogP contribution in [0.5, 0.6) is 0 Å². The van der Waals surface area contributed by atoms with Crippen LogP contribution < -0.4 is 0 Å². The lowest BCUT2D eigenvalue weighted by atomic mass is 10.1. The molecule has 0 saturated carbocycles. The van der Waals surface area contributed by atoms with Crippen molar-refractivity contribution in [3.05, 3.63) is 108 Å². The van der Waals surface area contributed by atoms with E-state index < -0.39 is 48.9 Å². The molecule has 0 spiro atoms. The van der Waals surface area contributed by atoms with E-state index in [4.69, 9.17) is 18.9 Å². The van der Waals surface area contributed by atoms with Gasteiger partial charge in [-0.1, -0.05) is 54.6 Å². The van der Waals surface area contributed by atoms with Gasteiger partial charge in [0.1, 0.15) is 12.7 Å². The van der Waals surface area contributed by atoms with Crippen LogP contribution in [0.1, 0.15) is 31.1 Å². The Morgan fingerprint density at radius 3 is 1.66 bits per heavy atom. The van der Waals surface area contributed by atoms with Gasteiger partial charge in [-0.15, -0.1) is 0 Å². The zero-order valence-electron chi connectivity index (χ0n) is 18.3. The van der Waals surface area contributed by atoms with Crippen LogP contribution in [0.3, 0.4) is 0 Å². The van der Waals surface area contributed by atoms with E-state index in [-0.39, 0.29) is 16.7 Å². The van der Waals surface area contributed by atoms with Gasteiger partial charge in [-0.3, -0.25) is 0 Å². The molecule has 0 unspecified atom stereocenters. The lowest BCUT2D eigenvalue weighted by Crippen LogP contribution is -2.48. The number of esters is 3. The molecule has 0 amide bonds. The van der Waals surface area contributed by atoms with Gasteiger partial charge in [-0.2, -0.15) is 0 Å². The fraction of sp³-hybridized carbons (Fsp3) is 0.192. The summed E-state index contributed by atoms with van der Waals surface area (Å²) in [7, 11) is 0. The van der Waals surface area contributed by atoms with Crippen molar-refractivity contribution >= 4 is 17.9 Å². The number of rotatable bonds is 7. The summed E-state index contributed by atoms with van der Waals surface area (Å²) in [5, 5.41) is 10.6. The van der Waals surface area contributed by atoms with E-state index in [2.05, 4.69) is 0 Å². The number of aliphatic hydroxyl groups is 1. The van der Waals surface area contributed by atoms with Gasteiger partial charge in [-0.25, -0.2) is 18.8 Å². The van der Waals surface area contributed by atoms with Gasteiger partial charge in [0.15, 0.2) is 6.10 Å². The summed E-state index contributed by atoms with van der Waals surface area (Å²) in [6.07, 6.45) is -5.59. The molecule has 4 atom stereocenters. The molecule has 0 aromatic heterocycles. The molecule has 0 bridgehead atoms. The first kappa shape index (κ1) is 24.1. The Morgan fingerprint density at radius 1 is 0.743 bits per heavy atom. The summed E-state index contributed by atoms with van der Waals surface area (Å²) in [4.78, 5) is 37.3. The predicted molar refractivity (Wildman–Crippen MR) is 119 cm³/mol. The first-order valence-corrected chi connectivity index (χ1v) is 10.7. The van der Waals surface area contributed by atoms with Crippen molar-refractivity contribution in [1.82, 2.24) is 0 Å². The molecule has 1 saturated heterocycles. The van der Waals surface area contributed by atoms with Gasteiger partial charge < -0.3 is 24.1 Å². The van der Waals surface area contributed by atoms with E-state index in [1.54, 1.807) is 54.6 Å². The number of carbonyl (C=O) groups is 3. The van der Waals surface area contributed by atoms with Crippen LogP contribution in [-0.4, -0.2) is 54.0 Å². The average molecular weight is 480 g/mol. The highest BCUT2D eigenvalue weighted by Crippen LogP contribution is 2.37. The van der Waals surface area contributed by atoms with Crippen LogP contribution in [0.25, 0.3) is 0 Å². The third-order valence-corrected chi connectivity index (χ3v) is 5.22. The van der Waals surface area contributed by atoms with Gasteiger partial charge in [0.2, 0.25) is 0 Å². The van der Waals surface area contributed by atoms with E-state index in [0.717, 1.165) is 0 Å². The SMILES string of the molecule is O=C(OC[C@H]1O[C@H](OC(=O)c2ccccc2)[C@](O)(F)[C@@H]1OC(=O)c1ccccc1)c1ccccc1. The third-order valence-electron chi connectivity index (χ3n) is 5.22. The molecule has 8 nitrogen and oxygen atoms in total. The average Bonchev–Trinajstić information content (AvgIpc) is 3.12. The van der Waals surface area contributed by atoms with E-state index in [1.165, 1.54) is 36.4 Å². The Hall–Kier alpha value is -4.08. The number of benzene rings is 3. The zero-order chi connectivity index (χ0) is 24.8. The minimum atomic E-state index is -3.43. The highest BCUT2D eigenvalue weighted by Gasteiger charge is 2.62. The molecule has 1 fully saturated rings. The number of alkyl halides is 1. The number of ether oxygens (including phenoxy) is 4. The number of hydrogen-bond acceptors (Lipinski definition) is 8. The second-order valence-electron chi connectivity index (χ2n) is 7.66. The zero-order valence-corrected chi connectivity index (χ0v) is 18.3. The Balaban J connectivity index is 1.53. The maximum absolute atomic E-state index is 15.5. The van der Waals surface area contributed by atoms with Crippen molar-refractivity contribution < 1.29 is 42.8 Å². The van der Waals surface area contributed by atoms with Crippen molar-refractivity contribution in [3.63, 3.8) is 0 Å². The number of carbonyl (C=O) groups excluding carboxylic acids is 3. The van der Waals surface area contributed by atoms with Crippen LogP contribution in [0.15, 0.2) is 91.0 Å². The molecule has 0 radical (unpaired) electrons. The first-order chi connectivity index (χ1) is 16.9. The minimum absolute atomic E-state index is 0.0867. The number of hydrogen-bond donors (Lipinski definition) is 1. The van der Waals surface area contributed by atoms with Gasteiger partial charge in [0, 0.05) is 0 Å². The highest BCUT2D eigenvalue weighted by molar-refractivity contribution is 5.90. The molecular weight excluding hydrogens is 459 g/mol. The molecule has 9 heteroatoms. The van der Waals surface area contributed by atoms with E-state index in [1.807, 2.05) is 0 Å². The molecule has 4 rings (SSSR count). The topological polar surface area (TPSA) is 108 Å². The van der Waals surface area contributed by atoms with Crippen molar-refractivity contribution in [2.45, 2.75) is 24.4 Å². The van der Waals surface area contributed by atoms with Gasteiger partial charge in [0.05, 0.1) is 16.7 Å². The van der Waals surface area contributed by atoms with E-state index >= 15 is 4.39 Å². The monoisotopic (exact) mass is 480 g/mol. The Morgan fingerprint density at radius 2 is 1.17 bits per heavy atom. The molecule has 0 aliphatic carbocycles. The Bertz CT molecular complexity index is 1170. The first-order valence-electron chi connectivity index (χ1n) is 10.7. The van der Waals surface area contributed by atoms with Gasteiger partial charge >= 0.3 is 23.8 Å². The summed E-state index contributed by atoms with van der Waals surface area (Å²) >= 11 is 0. The molecular formula is C26H21FO8. The second kappa shape index (κ2) is 10.5. The van der Waals surface area contributed by atoms with Crippen LogP contribution in [-0.2, 0) is 18.9 Å². The molecule has 3 aromatic carbocycles. The summed E-state index contributed by atoms with van der Waals surface area (Å²) in [5.74, 6) is -6.10. The Kier molecular flexibility index (Phi) is 7.19. The fourth-order valence-corrected chi connectivity index (χ4v) is 3.43.